The molecule has 1 unspecified atom stereocenters. The van der Waals surface area contributed by atoms with Gasteiger partial charge in [-0.25, -0.2) is 0 Å². The van der Waals surface area contributed by atoms with Crippen molar-refractivity contribution in [2.45, 2.75) is 12.3 Å². The van der Waals surface area contributed by atoms with Crippen molar-refractivity contribution in [1.82, 2.24) is 4.57 Å². The minimum Gasteiger partial charge on any atom is -0.309 e. The molecule has 0 radical (unpaired) electrons. The van der Waals surface area contributed by atoms with Gasteiger partial charge >= 0.3 is 0 Å². The normalized spacial score (nSPS) is 12.7. The van der Waals surface area contributed by atoms with Crippen LogP contribution >= 0.6 is 0 Å². The second-order valence-corrected chi connectivity index (χ2v) is 19.1. The number of fused-ring (bicyclic) bond motifs is 9. The number of hydrogen-bond acceptors (Lipinski definition) is 0. The van der Waals surface area contributed by atoms with Crippen LogP contribution in [0.15, 0.2) is 267 Å². The van der Waals surface area contributed by atoms with E-state index in [9.17, 15) is 0 Å². The second kappa shape index (κ2) is 16.9. The molecule has 0 spiro atoms. The van der Waals surface area contributed by atoms with E-state index in [-0.39, 0.29) is 5.92 Å². The highest BCUT2D eigenvalue weighted by Gasteiger charge is 2.33. The van der Waals surface area contributed by atoms with E-state index in [4.69, 9.17) is 0 Å². The Kier molecular flexibility index (Phi) is 9.74. The van der Waals surface area contributed by atoms with E-state index in [0.717, 1.165) is 12.1 Å². The average molecular weight is 902 g/mol. The first-order valence-corrected chi connectivity index (χ1v) is 24.8. The summed E-state index contributed by atoms with van der Waals surface area (Å²) in [6.45, 7) is 0. The lowest BCUT2D eigenvalue weighted by molar-refractivity contribution is 0.805. The van der Waals surface area contributed by atoms with E-state index >= 15 is 0 Å². The monoisotopic (exact) mass is 901 g/mol. The Morgan fingerprint density at radius 3 is 1.30 bits per heavy atom. The molecule has 71 heavy (non-hydrogen) atoms. The third kappa shape index (κ3) is 6.92. The molecule has 0 N–H and O–H groups in total. The number of para-hydroxylation sites is 1. The Morgan fingerprint density at radius 2 is 0.690 bits per heavy atom. The zero-order chi connectivity index (χ0) is 46.8. The van der Waals surface area contributed by atoms with E-state index < -0.39 is 0 Å². The largest absolute Gasteiger partial charge is 0.309 e. The Morgan fingerprint density at radius 1 is 0.268 bits per heavy atom. The predicted molar refractivity (Wildman–Crippen MR) is 298 cm³/mol. The summed E-state index contributed by atoms with van der Waals surface area (Å²) >= 11 is 0. The molecule has 0 aliphatic heterocycles. The van der Waals surface area contributed by atoms with Gasteiger partial charge in [0.05, 0.1) is 11.0 Å². The van der Waals surface area contributed by atoms with Gasteiger partial charge < -0.3 is 4.57 Å². The summed E-state index contributed by atoms with van der Waals surface area (Å²) < 4.78 is 2.40. The molecule has 11 aromatic carbocycles. The minimum atomic E-state index is 0.123. The van der Waals surface area contributed by atoms with Gasteiger partial charge in [-0.3, -0.25) is 0 Å². The van der Waals surface area contributed by atoms with Crippen LogP contribution in [0.2, 0.25) is 0 Å². The van der Waals surface area contributed by atoms with Gasteiger partial charge in [-0.05, 0) is 149 Å². The molecule has 0 saturated heterocycles. The zero-order valence-corrected chi connectivity index (χ0v) is 39.1. The Bertz CT molecular complexity index is 3970. The van der Waals surface area contributed by atoms with Crippen LogP contribution in [0.4, 0.5) is 0 Å². The fraction of sp³-hybridized carbons (Fsp3) is 0.0286. The lowest BCUT2D eigenvalue weighted by Crippen LogP contribution is -2.06. The van der Waals surface area contributed by atoms with Crippen LogP contribution < -0.4 is 0 Å². The van der Waals surface area contributed by atoms with Crippen molar-refractivity contribution in [3.8, 4) is 61.3 Å². The van der Waals surface area contributed by atoms with Crippen LogP contribution in [0.1, 0.15) is 44.9 Å². The third-order valence-corrected chi connectivity index (χ3v) is 15.2. The van der Waals surface area contributed by atoms with Gasteiger partial charge in [-0.2, -0.15) is 0 Å². The summed E-state index contributed by atoms with van der Waals surface area (Å²) in [6, 6.07) is 98.9. The first-order valence-electron chi connectivity index (χ1n) is 24.8. The first-order chi connectivity index (χ1) is 35.2. The molecule has 12 aromatic rings. The highest BCUT2D eigenvalue weighted by molar-refractivity contribution is 6.19. The molecule has 0 bridgehead atoms. The molecule has 0 amide bonds. The smallest absolute Gasteiger partial charge is 0.0541 e. The van der Waals surface area contributed by atoms with Crippen molar-refractivity contribution in [2.24, 2.45) is 0 Å². The van der Waals surface area contributed by atoms with Crippen molar-refractivity contribution in [3.05, 3.63) is 306 Å². The third-order valence-electron chi connectivity index (χ3n) is 15.2. The SMILES string of the molecule is c1ccc(-c2ccc(C(Cc3ccc(-c4ccc5c(c4)c4ccccc4n5-c4ccc(-c5ccccc5)cc4)cc3)c3ccc4c(c3)C(=C3c5ccccc5-c5ccccc53)c3ccccc3-4)cc2)cc1. The van der Waals surface area contributed by atoms with E-state index in [1.165, 1.54) is 128 Å². The Hall–Kier alpha value is -9.04. The zero-order valence-electron chi connectivity index (χ0n) is 39.1. The standard InChI is InChI=1S/C70H47N/c1-3-15-47(16-4-1)49-31-33-52(34-32-49)64(54-37-41-59-58-21-9-12-25-63(58)70(66(59)45-54)69-61-23-10-7-19-56(61)57-20-8-11-24-62(57)69)43-46-27-29-51(30-28-46)53-38-42-68-65(44-53)60-22-13-14-26-67(60)71(68)55-39-35-50(36-40-55)48-17-5-2-6-18-48/h1-42,44-45,64H,43H2. The quantitative estimate of drug-likeness (QED) is 0.143. The highest BCUT2D eigenvalue weighted by Crippen LogP contribution is 2.54. The van der Waals surface area contributed by atoms with E-state index in [2.05, 4.69) is 271 Å². The fourth-order valence-electron chi connectivity index (χ4n) is 11.8. The maximum absolute atomic E-state index is 2.52. The lowest BCUT2D eigenvalue weighted by Gasteiger charge is -2.21. The number of hydrogen-bond donors (Lipinski definition) is 0. The Labute approximate surface area is 414 Å². The fourth-order valence-corrected chi connectivity index (χ4v) is 11.8. The van der Waals surface area contributed by atoms with E-state index in [0.29, 0.717) is 0 Å². The van der Waals surface area contributed by atoms with Crippen LogP contribution in [0.5, 0.6) is 0 Å². The first kappa shape index (κ1) is 41.0. The molecule has 1 atom stereocenters. The van der Waals surface area contributed by atoms with Gasteiger partial charge in [-0.1, -0.05) is 231 Å². The van der Waals surface area contributed by atoms with Crippen molar-refractivity contribution in [1.29, 1.82) is 0 Å². The molecule has 0 saturated carbocycles. The summed E-state index contributed by atoms with van der Waals surface area (Å²) in [6.07, 6.45) is 0.865. The molecule has 14 rings (SSSR count). The highest BCUT2D eigenvalue weighted by atomic mass is 15.0. The van der Waals surface area contributed by atoms with Gasteiger partial charge in [0.1, 0.15) is 0 Å². The summed E-state index contributed by atoms with van der Waals surface area (Å²) in [5, 5.41) is 2.51. The topological polar surface area (TPSA) is 4.93 Å². The van der Waals surface area contributed by atoms with Crippen molar-refractivity contribution >= 4 is 33.0 Å². The molecule has 1 heterocycles. The number of nitrogens with zero attached hydrogens (tertiary/aromatic N) is 1. The molecular formula is C70H47N. The number of rotatable bonds is 8. The van der Waals surface area contributed by atoms with Crippen LogP contribution in [0, 0.1) is 0 Å². The summed E-state index contributed by atoms with van der Waals surface area (Å²) in [4.78, 5) is 0. The van der Waals surface area contributed by atoms with Crippen LogP contribution in [0.3, 0.4) is 0 Å². The molecule has 332 valence electrons. The van der Waals surface area contributed by atoms with Gasteiger partial charge in [0.2, 0.25) is 0 Å². The van der Waals surface area contributed by atoms with Crippen LogP contribution in [0.25, 0.3) is 94.3 Å². The molecule has 1 nitrogen and oxygen atoms in total. The molecule has 1 heteroatoms. The van der Waals surface area contributed by atoms with Crippen molar-refractivity contribution < 1.29 is 0 Å². The van der Waals surface area contributed by atoms with Crippen molar-refractivity contribution in [3.63, 3.8) is 0 Å². The summed E-state index contributed by atoms with van der Waals surface area (Å²) in [5.41, 5.74) is 28.0. The van der Waals surface area contributed by atoms with E-state index in [1.807, 2.05) is 0 Å². The molecule has 2 aliphatic carbocycles. The predicted octanol–water partition coefficient (Wildman–Crippen LogP) is 18.1. The lowest BCUT2D eigenvalue weighted by atomic mass is 9.83. The maximum Gasteiger partial charge on any atom is 0.0541 e. The molecule has 2 aliphatic rings. The van der Waals surface area contributed by atoms with Gasteiger partial charge in [-0.15, -0.1) is 0 Å². The minimum absolute atomic E-state index is 0.123. The maximum atomic E-state index is 2.52. The van der Waals surface area contributed by atoms with Crippen LogP contribution in [-0.2, 0) is 6.42 Å². The Balaban J connectivity index is 0.845. The number of aromatic nitrogens is 1. The van der Waals surface area contributed by atoms with Crippen LogP contribution in [-0.4, -0.2) is 4.57 Å². The molecular weight excluding hydrogens is 855 g/mol. The van der Waals surface area contributed by atoms with Crippen molar-refractivity contribution in [2.75, 3.05) is 0 Å². The molecule has 1 aromatic heterocycles. The van der Waals surface area contributed by atoms with Gasteiger partial charge in [0, 0.05) is 22.4 Å². The molecule has 0 fully saturated rings. The van der Waals surface area contributed by atoms with Gasteiger partial charge in [0.25, 0.3) is 0 Å². The average Bonchev–Trinajstić information content (AvgIpc) is 4.08. The summed E-state index contributed by atoms with van der Waals surface area (Å²) in [7, 11) is 0. The van der Waals surface area contributed by atoms with Gasteiger partial charge in [0.15, 0.2) is 0 Å². The number of benzene rings is 11. The second-order valence-electron chi connectivity index (χ2n) is 19.1. The summed E-state index contributed by atoms with van der Waals surface area (Å²) in [5.74, 6) is 0.123. The van der Waals surface area contributed by atoms with E-state index in [1.54, 1.807) is 0 Å².